The average Bonchev–Trinajstić information content (AvgIpc) is 3.27. The van der Waals surface area contributed by atoms with E-state index in [1.807, 2.05) is 36.4 Å². The summed E-state index contributed by atoms with van der Waals surface area (Å²) in [6.45, 7) is 6.58. The molecule has 0 aliphatic rings. The van der Waals surface area contributed by atoms with Crippen LogP contribution in [0.15, 0.2) is 48.5 Å². The normalized spacial score (nSPS) is 12.1. The van der Waals surface area contributed by atoms with Crippen molar-refractivity contribution in [3.8, 4) is 11.5 Å². The number of unbranched alkanes of at least 4 members (excludes halogenated alkanes) is 40. The summed E-state index contributed by atoms with van der Waals surface area (Å²) in [7, 11) is -3.42. The largest absolute Gasteiger partial charge is 0.508 e. The van der Waals surface area contributed by atoms with Crippen molar-refractivity contribution in [2.45, 2.75) is 289 Å². The van der Waals surface area contributed by atoms with Gasteiger partial charge in [-0.2, -0.15) is 9.79 Å². The highest BCUT2D eigenvalue weighted by molar-refractivity contribution is 7.60. The molecule has 364 valence electrons. The molecule has 0 heterocycles. The van der Waals surface area contributed by atoms with Crippen LogP contribution in [-0.2, 0) is 5.41 Å². The van der Waals surface area contributed by atoms with E-state index in [1.54, 1.807) is 12.1 Å². The third-order valence-corrected chi connectivity index (χ3v) is 15.4. The molecule has 2 aromatic carbocycles. The van der Waals surface area contributed by atoms with Gasteiger partial charge in [-0.3, -0.25) is 4.52 Å². The summed E-state index contributed by atoms with van der Waals surface area (Å²) in [5, 5.41) is 9.63. The van der Waals surface area contributed by atoms with Crippen LogP contribution in [0.2, 0.25) is 0 Å². The van der Waals surface area contributed by atoms with Gasteiger partial charge in [-0.1, -0.05) is 295 Å². The van der Waals surface area contributed by atoms with Gasteiger partial charge in [0.05, 0.1) is 0 Å². The van der Waals surface area contributed by atoms with E-state index in [0.717, 1.165) is 30.4 Å². The number of rotatable bonds is 46. The highest BCUT2D eigenvalue weighted by Crippen LogP contribution is 2.52. The number of phenols is 1. The first-order chi connectivity index (χ1) is 30.7. The van der Waals surface area contributed by atoms with Gasteiger partial charge < -0.3 is 5.11 Å². The summed E-state index contributed by atoms with van der Waals surface area (Å²) in [4.78, 5) is 21.1. The summed E-state index contributed by atoms with van der Waals surface area (Å²) < 4.78 is 5.66. The lowest BCUT2D eigenvalue weighted by Crippen LogP contribution is -2.18. The van der Waals surface area contributed by atoms with Gasteiger partial charge in [-0.15, -0.1) is 0 Å². The van der Waals surface area contributed by atoms with E-state index < -0.39 is 7.94 Å². The molecule has 0 fully saturated rings. The lowest BCUT2D eigenvalue weighted by atomic mass is 9.78. The predicted molar refractivity (Wildman–Crippen MR) is 279 cm³/mol. The van der Waals surface area contributed by atoms with Gasteiger partial charge in [-0.25, -0.2) is 0 Å². The molecule has 0 saturated carbocycles. The molecule has 2 aromatic rings. The molecule has 3 N–H and O–H groups in total. The van der Waals surface area contributed by atoms with E-state index in [1.165, 1.54) is 244 Å². The second-order valence-electron chi connectivity index (χ2n) is 20.3. The molecule has 4 nitrogen and oxygen atoms in total. The van der Waals surface area contributed by atoms with Crippen molar-refractivity contribution < 1.29 is 19.4 Å². The van der Waals surface area contributed by atoms with Gasteiger partial charge in [0, 0.05) is 5.41 Å². The van der Waals surface area contributed by atoms with Crippen LogP contribution in [0.5, 0.6) is 11.5 Å². The second-order valence-corrected chi connectivity index (χ2v) is 22.3. The van der Waals surface area contributed by atoms with E-state index in [-0.39, 0.29) is 11.2 Å². The van der Waals surface area contributed by atoms with Crippen molar-refractivity contribution in [3.05, 3.63) is 59.7 Å². The fourth-order valence-corrected chi connectivity index (χ4v) is 10.7. The Hall–Kier alpha value is -1.61. The first-order valence-corrected chi connectivity index (χ1v) is 29.5. The Morgan fingerprint density at radius 3 is 0.825 bits per heavy atom. The van der Waals surface area contributed by atoms with E-state index in [2.05, 4.69) is 20.8 Å². The summed E-state index contributed by atoms with van der Waals surface area (Å²) in [5.41, 5.74) is 1.94. The monoisotopic (exact) mass is 896 g/mol. The SMILES string of the molecule is CCCCCCCCCCCCCCCCCCCCCCCCCCCCCCCCCCCCCCCCCCC[P+](O)(O)Oc1ccc(C(C)(C)c2ccc(O)cc2)cc1. The number of phenolic OH excluding ortho intramolecular Hbond substituents is 1. The van der Waals surface area contributed by atoms with Crippen LogP contribution in [0, 0.1) is 0 Å². The smallest absolute Gasteiger partial charge is 0.451 e. The van der Waals surface area contributed by atoms with Crippen LogP contribution in [0.25, 0.3) is 0 Å². The summed E-state index contributed by atoms with van der Waals surface area (Å²) in [6.07, 6.45) is 58.1. The van der Waals surface area contributed by atoms with Gasteiger partial charge in [0.2, 0.25) is 0 Å². The van der Waals surface area contributed by atoms with Gasteiger partial charge in [0.1, 0.15) is 11.9 Å². The molecular formula is C58H104O4P+. The lowest BCUT2D eigenvalue weighted by molar-refractivity contribution is 0.336. The van der Waals surface area contributed by atoms with Crippen LogP contribution in [0.1, 0.15) is 295 Å². The van der Waals surface area contributed by atoms with Crippen LogP contribution < -0.4 is 4.52 Å². The fourth-order valence-electron chi connectivity index (χ4n) is 9.48. The van der Waals surface area contributed by atoms with E-state index in [9.17, 15) is 14.9 Å². The molecular weight excluding hydrogens is 792 g/mol. The standard InChI is InChI=1S/C58H103O4P/c1-4-5-6-7-8-9-10-11-12-13-14-15-16-17-18-19-20-21-22-23-24-25-26-27-28-29-30-31-32-33-34-35-36-37-38-39-40-41-42-43-44-53-63(60,61)62-57-51-47-55(48-52-57)58(2,3)54-45-49-56(59)50-46-54/h45-52,60-61H,4-44,53H2,1-3H3/p+1. The third-order valence-electron chi connectivity index (χ3n) is 14.0. The molecule has 0 spiro atoms. The molecule has 0 amide bonds. The van der Waals surface area contributed by atoms with Gasteiger partial charge in [0.15, 0.2) is 5.75 Å². The Morgan fingerprint density at radius 1 is 0.349 bits per heavy atom. The Kier molecular flexibility index (Phi) is 36.1. The Labute approximate surface area is 392 Å². The van der Waals surface area contributed by atoms with Crippen LogP contribution in [-0.4, -0.2) is 21.1 Å². The van der Waals surface area contributed by atoms with Crippen molar-refractivity contribution in [2.75, 3.05) is 6.16 Å². The first-order valence-electron chi connectivity index (χ1n) is 27.7. The highest BCUT2D eigenvalue weighted by atomic mass is 31.2. The summed E-state index contributed by atoms with van der Waals surface area (Å²) in [6, 6.07) is 14.9. The van der Waals surface area contributed by atoms with Crippen molar-refractivity contribution in [2.24, 2.45) is 0 Å². The van der Waals surface area contributed by atoms with Crippen LogP contribution >= 0.6 is 7.94 Å². The Balaban J connectivity index is 1.22. The molecule has 0 radical (unpaired) electrons. The molecule has 0 bridgehead atoms. The zero-order valence-corrected chi connectivity index (χ0v) is 42.9. The predicted octanol–water partition coefficient (Wildman–Crippen LogP) is 19.9. The van der Waals surface area contributed by atoms with Gasteiger partial charge >= 0.3 is 7.94 Å². The molecule has 0 unspecified atom stereocenters. The zero-order chi connectivity index (χ0) is 45.4. The van der Waals surface area contributed by atoms with Crippen LogP contribution in [0.4, 0.5) is 0 Å². The number of aromatic hydroxyl groups is 1. The first kappa shape index (κ1) is 57.5. The molecule has 0 aliphatic carbocycles. The summed E-state index contributed by atoms with van der Waals surface area (Å²) >= 11 is 0. The highest BCUT2D eigenvalue weighted by Gasteiger charge is 2.36. The number of hydrogen-bond donors (Lipinski definition) is 3. The maximum atomic E-state index is 10.6. The van der Waals surface area contributed by atoms with Gasteiger partial charge in [0.25, 0.3) is 0 Å². The molecule has 0 atom stereocenters. The van der Waals surface area contributed by atoms with Gasteiger partial charge in [-0.05, 0) is 48.2 Å². The van der Waals surface area contributed by atoms with Crippen molar-refractivity contribution in [1.29, 1.82) is 0 Å². The molecule has 63 heavy (non-hydrogen) atoms. The maximum absolute atomic E-state index is 10.6. The Bertz CT molecular complexity index is 1260. The van der Waals surface area contributed by atoms with E-state index in [4.69, 9.17) is 4.52 Å². The maximum Gasteiger partial charge on any atom is 0.451 e. The van der Waals surface area contributed by atoms with Crippen molar-refractivity contribution in [1.82, 2.24) is 0 Å². The molecule has 2 rings (SSSR count). The molecule has 0 saturated heterocycles. The lowest BCUT2D eigenvalue weighted by Gasteiger charge is -2.26. The minimum atomic E-state index is -3.42. The molecule has 0 aromatic heterocycles. The van der Waals surface area contributed by atoms with Crippen LogP contribution in [0.3, 0.4) is 0 Å². The minimum Gasteiger partial charge on any atom is -0.508 e. The number of benzene rings is 2. The van der Waals surface area contributed by atoms with E-state index in [0.29, 0.717) is 11.9 Å². The van der Waals surface area contributed by atoms with Crippen molar-refractivity contribution in [3.63, 3.8) is 0 Å². The topological polar surface area (TPSA) is 69.9 Å². The Morgan fingerprint density at radius 2 is 0.571 bits per heavy atom. The number of hydrogen-bond acceptors (Lipinski definition) is 4. The average molecular weight is 896 g/mol. The quantitative estimate of drug-likeness (QED) is 0.0457. The summed E-state index contributed by atoms with van der Waals surface area (Å²) in [5.74, 6) is 0.752. The molecule has 0 aliphatic heterocycles. The fraction of sp³-hybridized carbons (Fsp3) is 0.793. The van der Waals surface area contributed by atoms with E-state index >= 15 is 0 Å². The van der Waals surface area contributed by atoms with Crippen molar-refractivity contribution >= 4 is 7.94 Å². The minimum absolute atomic E-state index is 0.250. The second kappa shape index (κ2) is 39.5. The third kappa shape index (κ3) is 32.7. The zero-order valence-electron chi connectivity index (χ0n) is 42.0. The molecule has 5 heteroatoms.